The predicted molar refractivity (Wildman–Crippen MR) is 51.2 cm³/mol. The van der Waals surface area contributed by atoms with Gasteiger partial charge in [0.1, 0.15) is 4.88 Å². The molecule has 1 fully saturated rings. The SMILES string of the molecule is Cc1nnsc1C(=O)N1CC[C@@H](O)C1. The minimum absolute atomic E-state index is 0.0611. The highest BCUT2D eigenvalue weighted by atomic mass is 32.1. The molecule has 14 heavy (non-hydrogen) atoms. The van der Waals surface area contributed by atoms with Crippen molar-refractivity contribution >= 4 is 17.4 Å². The van der Waals surface area contributed by atoms with Crippen LogP contribution in [0.3, 0.4) is 0 Å². The molecule has 0 saturated carbocycles. The summed E-state index contributed by atoms with van der Waals surface area (Å²) in [5.41, 5.74) is 0.668. The number of rotatable bonds is 1. The summed E-state index contributed by atoms with van der Waals surface area (Å²) < 4.78 is 3.71. The molecule has 0 unspecified atom stereocenters. The van der Waals surface area contributed by atoms with Crippen molar-refractivity contribution in [3.63, 3.8) is 0 Å². The van der Waals surface area contributed by atoms with Crippen LogP contribution in [0.2, 0.25) is 0 Å². The Kier molecular flexibility index (Phi) is 2.47. The number of aryl methyl sites for hydroxylation is 1. The van der Waals surface area contributed by atoms with Crippen molar-refractivity contribution in [2.75, 3.05) is 13.1 Å². The lowest BCUT2D eigenvalue weighted by Gasteiger charge is -2.13. The standard InChI is InChI=1S/C8H11N3O2S/c1-5-7(14-10-9-5)8(13)11-3-2-6(12)4-11/h6,12H,2-4H2,1H3/t6-/m1/s1. The number of hydrogen-bond donors (Lipinski definition) is 1. The zero-order valence-corrected chi connectivity index (χ0v) is 8.62. The quantitative estimate of drug-likeness (QED) is 0.716. The van der Waals surface area contributed by atoms with Gasteiger partial charge in [-0.3, -0.25) is 4.79 Å². The van der Waals surface area contributed by atoms with Gasteiger partial charge in [0.25, 0.3) is 5.91 Å². The molecule has 1 aromatic heterocycles. The van der Waals surface area contributed by atoms with Crippen molar-refractivity contribution in [1.82, 2.24) is 14.5 Å². The molecular formula is C8H11N3O2S. The molecule has 0 aromatic carbocycles. The zero-order valence-electron chi connectivity index (χ0n) is 7.80. The second kappa shape index (κ2) is 3.62. The lowest BCUT2D eigenvalue weighted by molar-refractivity contribution is 0.0769. The number of aromatic nitrogens is 2. The van der Waals surface area contributed by atoms with Crippen LogP contribution >= 0.6 is 11.5 Å². The largest absolute Gasteiger partial charge is 0.391 e. The average Bonchev–Trinajstić information content (AvgIpc) is 2.73. The Morgan fingerprint density at radius 2 is 2.50 bits per heavy atom. The van der Waals surface area contributed by atoms with Gasteiger partial charge >= 0.3 is 0 Å². The molecule has 1 aliphatic rings. The molecule has 2 heterocycles. The van der Waals surface area contributed by atoms with Crippen LogP contribution < -0.4 is 0 Å². The number of carbonyl (C=O) groups excluding carboxylic acids is 1. The highest BCUT2D eigenvalue weighted by Crippen LogP contribution is 2.17. The van der Waals surface area contributed by atoms with Crippen LogP contribution in [0.5, 0.6) is 0 Å². The fraction of sp³-hybridized carbons (Fsp3) is 0.625. The first-order valence-electron chi connectivity index (χ1n) is 4.45. The van der Waals surface area contributed by atoms with Gasteiger partial charge in [-0.15, -0.1) is 5.10 Å². The highest BCUT2D eigenvalue weighted by Gasteiger charge is 2.27. The minimum Gasteiger partial charge on any atom is -0.391 e. The van der Waals surface area contributed by atoms with Gasteiger partial charge in [0.2, 0.25) is 0 Å². The Morgan fingerprint density at radius 3 is 3.00 bits per heavy atom. The van der Waals surface area contributed by atoms with E-state index in [0.717, 1.165) is 11.5 Å². The number of carbonyl (C=O) groups is 1. The van der Waals surface area contributed by atoms with Crippen LogP contribution in [0.15, 0.2) is 0 Å². The van der Waals surface area contributed by atoms with Gasteiger partial charge < -0.3 is 10.0 Å². The molecule has 6 heteroatoms. The monoisotopic (exact) mass is 213 g/mol. The van der Waals surface area contributed by atoms with Gasteiger partial charge in [-0.1, -0.05) is 4.49 Å². The van der Waals surface area contributed by atoms with E-state index in [1.807, 2.05) is 0 Å². The molecule has 1 aromatic rings. The summed E-state index contributed by atoms with van der Waals surface area (Å²) in [4.78, 5) is 14.0. The molecule has 0 bridgehead atoms. The van der Waals surface area contributed by atoms with Crippen LogP contribution in [0, 0.1) is 6.92 Å². The van der Waals surface area contributed by atoms with E-state index >= 15 is 0 Å². The van der Waals surface area contributed by atoms with E-state index in [1.54, 1.807) is 11.8 Å². The molecular weight excluding hydrogens is 202 g/mol. The van der Waals surface area contributed by atoms with Crippen molar-refractivity contribution in [1.29, 1.82) is 0 Å². The second-order valence-electron chi connectivity index (χ2n) is 3.38. The lowest BCUT2D eigenvalue weighted by Crippen LogP contribution is -2.29. The number of β-amino-alcohol motifs (C(OH)–C–C–N with tert-alkyl or cyclic N) is 1. The Morgan fingerprint density at radius 1 is 1.71 bits per heavy atom. The lowest BCUT2D eigenvalue weighted by atomic mass is 10.3. The van der Waals surface area contributed by atoms with E-state index in [9.17, 15) is 9.90 Å². The van der Waals surface area contributed by atoms with Crippen LogP contribution in [0.1, 0.15) is 21.8 Å². The summed E-state index contributed by atoms with van der Waals surface area (Å²) in [5, 5.41) is 13.1. The number of aliphatic hydroxyl groups is 1. The summed E-state index contributed by atoms with van der Waals surface area (Å²) in [7, 11) is 0. The summed E-state index contributed by atoms with van der Waals surface area (Å²) >= 11 is 1.11. The fourth-order valence-electron chi connectivity index (χ4n) is 1.50. The molecule has 1 saturated heterocycles. The molecule has 1 aliphatic heterocycles. The van der Waals surface area contributed by atoms with Gasteiger partial charge in [0, 0.05) is 13.1 Å². The maximum atomic E-state index is 11.8. The van der Waals surface area contributed by atoms with Gasteiger partial charge in [-0.25, -0.2) is 0 Å². The maximum absolute atomic E-state index is 11.8. The van der Waals surface area contributed by atoms with Crippen molar-refractivity contribution in [2.45, 2.75) is 19.4 Å². The number of hydrogen-bond acceptors (Lipinski definition) is 5. The first kappa shape index (κ1) is 9.54. The Bertz CT molecular complexity index is 352. The smallest absolute Gasteiger partial charge is 0.267 e. The van der Waals surface area contributed by atoms with E-state index < -0.39 is 0 Å². The maximum Gasteiger partial charge on any atom is 0.267 e. The number of likely N-dealkylation sites (tertiary alicyclic amines) is 1. The molecule has 0 aliphatic carbocycles. The summed E-state index contributed by atoms with van der Waals surface area (Å²) in [6.45, 7) is 2.82. The van der Waals surface area contributed by atoms with E-state index in [0.29, 0.717) is 30.1 Å². The average molecular weight is 213 g/mol. The topological polar surface area (TPSA) is 66.3 Å². The van der Waals surface area contributed by atoms with Crippen molar-refractivity contribution in [2.24, 2.45) is 0 Å². The molecule has 2 rings (SSSR count). The third kappa shape index (κ3) is 1.62. The Balaban J connectivity index is 2.13. The molecule has 0 spiro atoms. The van der Waals surface area contributed by atoms with E-state index in [2.05, 4.69) is 9.59 Å². The van der Waals surface area contributed by atoms with Gasteiger partial charge in [0.05, 0.1) is 11.8 Å². The number of nitrogens with zero attached hydrogens (tertiary/aromatic N) is 3. The Hall–Kier alpha value is -1.01. The third-order valence-electron chi connectivity index (χ3n) is 2.30. The fourth-order valence-corrected chi connectivity index (χ4v) is 2.12. The van der Waals surface area contributed by atoms with Gasteiger partial charge in [-0.2, -0.15) is 0 Å². The molecule has 0 radical (unpaired) electrons. The van der Waals surface area contributed by atoms with E-state index in [4.69, 9.17) is 0 Å². The summed E-state index contributed by atoms with van der Waals surface area (Å²) in [6, 6.07) is 0. The first-order valence-corrected chi connectivity index (χ1v) is 5.22. The first-order chi connectivity index (χ1) is 6.68. The van der Waals surface area contributed by atoms with Crippen LogP contribution in [-0.4, -0.2) is 44.7 Å². The molecule has 1 N–H and O–H groups in total. The summed E-state index contributed by atoms with van der Waals surface area (Å²) in [5.74, 6) is -0.0611. The van der Waals surface area contributed by atoms with Crippen LogP contribution in [0.25, 0.3) is 0 Å². The summed E-state index contributed by atoms with van der Waals surface area (Å²) in [6.07, 6.45) is 0.289. The van der Waals surface area contributed by atoms with Crippen molar-refractivity contribution in [3.05, 3.63) is 10.6 Å². The predicted octanol–water partition coefficient (Wildman–Crippen LogP) is 0.0533. The Labute approximate surface area is 85.5 Å². The van der Waals surface area contributed by atoms with Crippen LogP contribution in [0.4, 0.5) is 0 Å². The minimum atomic E-state index is -0.375. The highest BCUT2D eigenvalue weighted by molar-refractivity contribution is 7.07. The van der Waals surface area contributed by atoms with Crippen molar-refractivity contribution in [3.8, 4) is 0 Å². The van der Waals surface area contributed by atoms with E-state index in [1.165, 1.54) is 0 Å². The number of amides is 1. The van der Waals surface area contributed by atoms with Crippen molar-refractivity contribution < 1.29 is 9.90 Å². The molecule has 76 valence electrons. The van der Waals surface area contributed by atoms with Gasteiger partial charge in [0.15, 0.2) is 0 Å². The van der Waals surface area contributed by atoms with Crippen LogP contribution in [-0.2, 0) is 0 Å². The van der Waals surface area contributed by atoms with E-state index in [-0.39, 0.29) is 12.0 Å². The second-order valence-corrected chi connectivity index (χ2v) is 4.14. The molecule has 1 atom stereocenters. The van der Waals surface area contributed by atoms with Gasteiger partial charge in [-0.05, 0) is 24.9 Å². The number of aliphatic hydroxyl groups excluding tert-OH is 1. The molecule has 5 nitrogen and oxygen atoms in total. The molecule has 1 amide bonds. The third-order valence-corrected chi connectivity index (χ3v) is 3.11. The zero-order chi connectivity index (χ0) is 10.1. The normalized spacial score (nSPS) is 21.6.